The van der Waals surface area contributed by atoms with Gasteiger partial charge in [-0.3, -0.25) is 0 Å². The van der Waals surface area contributed by atoms with Gasteiger partial charge >= 0.3 is 17.6 Å². The van der Waals surface area contributed by atoms with E-state index in [4.69, 9.17) is 26.6 Å². The Balaban J connectivity index is 4.89. The summed E-state index contributed by atoms with van der Waals surface area (Å²) in [5.41, 5.74) is 0. The van der Waals surface area contributed by atoms with Crippen molar-refractivity contribution in [1.29, 1.82) is 0 Å². The molecule has 0 aliphatic heterocycles. The highest BCUT2D eigenvalue weighted by Gasteiger charge is 2.48. The summed E-state index contributed by atoms with van der Waals surface area (Å²) in [6.45, 7) is 17.0. The van der Waals surface area contributed by atoms with E-state index in [1.165, 1.54) is 25.8 Å². The monoisotopic (exact) mass is 540 g/mol. The van der Waals surface area contributed by atoms with Gasteiger partial charge in [0.2, 0.25) is 0 Å². The molecule has 0 aromatic carbocycles. The molecule has 1 unspecified atom stereocenters. The molecule has 8 nitrogen and oxygen atoms in total. The van der Waals surface area contributed by atoms with Crippen LogP contribution in [0.3, 0.4) is 0 Å². The second-order valence-corrected chi connectivity index (χ2v) is 17.3. The molecule has 0 radical (unpaired) electrons. The van der Waals surface area contributed by atoms with Crippen molar-refractivity contribution in [3.63, 3.8) is 0 Å². The Labute approximate surface area is 215 Å². The molecule has 0 spiro atoms. The molecule has 34 heavy (non-hydrogen) atoms. The molecule has 11 heteroatoms. The zero-order chi connectivity index (χ0) is 25.7. The van der Waals surface area contributed by atoms with E-state index in [1.54, 1.807) is 21.3 Å². The second-order valence-electron chi connectivity index (χ2n) is 8.41. The molecule has 0 amide bonds. The van der Waals surface area contributed by atoms with Gasteiger partial charge in [0.15, 0.2) is 0 Å². The molecular weight excluding hydrogens is 485 g/mol. The Morgan fingerprint density at radius 3 is 1.79 bits per heavy atom. The number of rotatable bonds is 25. The fourth-order valence-corrected chi connectivity index (χ4v) is 13.1. The first-order valence-electron chi connectivity index (χ1n) is 13.5. The maximum atomic E-state index is 6.32. The zero-order valence-electron chi connectivity index (χ0n) is 23.6. The molecule has 1 N–H and O–H groups in total. The first-order valence-corrected chi connectivity index (χ1v) is 19.0. The lowest BCUT2D eigenvalue weighted by molar-refractivity contribution is 0.0667. The topological polar surface area (TPSA) is 70.7 Å². The highest BCUT2D eigenvalue weighted by Crippen LogP contribution is 2.30. The van der Waals surface area contributed by atoms with Gasteiger partial charge in [0, 0.05) is 61.9 Å². The standard InChI is InChI=1S/C23H56N2O6Si3/c1-9-25(10-2)20-16-14-15-18-23(34(29-11-3,30-12-4)31-13-5)32-22-24-19-17-21-33(26-6,27-7)28-8/h23-24H,9-22,32H2,1-8H3. The summed E-state index contributed by atoms with van der Waals surface area (Å²) >= 11 is 0. The molecular formula is C23H56N2O6Si3. The average Bonchev–Trinajstić information content (AvgIpc) is 2.85. The largest absolute Gasteiger partial charge is 0.500 e. The third-order valence-corrected chi connectivity index (χ3v) is 16.7. The molecule has 0 aliphatic carbocycles. The van der Waals surface area contributed by atoms with Gasteiger partial charge in [0.25, 0.3) is 0 Å². The van der Waals surface area contributed by atoms with Crippen LogP contribution in [0.4, 0.5) is 0 Å². The molecule has 0 saturated heterocycles. The molecule has 0 aliphatic rings. The van der Waals surface area contributed by atoms with Crippen LogP contribution in [0.15, 0.2) is 0 Å². The number of unbranched alkanes of at least 4 members (excludes halogenated alkanes) is 2. The molecule has 0 aromatic heterocycles. The number of nitrogens with one attached hydrogen (secondary N) is 1. The average molecular weight is 541 g/mol. The fourth-order valence-electron chi connectivity index (χ4n) is 4.41. The van der Waals surface area contributed by atoms with Crippen molar-refractivity contribution in [3.05, 3.63) is 0 Å². The Morgan fingerprint density at radius 2 is 1.32 bits per heavy atom. The normalized spacial score (nSPS) is 14.0. The van der Waals surface area contributed by atoms with Gasteiger partial charge in [-0.1, -0.05) is 26.7 Å². The van der Waals surface area contributed by atoms with Gasteiger partial charge in [0.1, 0.15) is 0 Å². The van der Waals surface area contributed by atoms with Crippen molar-refractivity contribution in [2.24, 2.45) is 0 Å². The van der Waals surface area contributed by atoms with Crippen LogP contribution in [0, 0.1) is 0 Å². The van der Waals surface area contributed by atoms with Crippen LogP contribution in [0.25, 0.3) is 0 Å². The van der Waals surface area contributed by atoms with Crippen LogP contribution in [0.5, 0.6) is 0 Å². The third-order valence-electron chi connectivity index (χ3n) is 6.40. The Hall–Kier alpha value is 0.331. The second kappa shape index (κ2) is 21.4. The Bertz CT molecular complexity index is 435. The van der Waals surface area contributed by atoms with E-state index >= 15 is 0 Å². The molecule has 206 valence electrons. The van der Waals surface area contributed by atoms with Gasteiger partial charge in [-0.15, -0.1) is 0 Å². The maximum Gasteiger partial charge on any atom is 0.500 e. The van der Waals surface area contributed by atoms with E-state index in [2.05, 4.69) is 44.8 Å². The van der Waals surface area contributed by atoms with Crippen LogP contribution in [0.2, 0.25) is 11.2 Å². The van der Waals surface area contributed by atoms with E-state index in [1.807, 2.05) is 0 Å². The predicted octanol–water partition coefficient (Wildman–Crippen LogP) is 3.25. The Kier molecular flexibility index (Phi) is 21.6. The summed E-state index contributed by atoms with van der Waals surface area (Å²) in [4.78, 5) is 2.50. The van der Waals surface area contributed by atoms with Gasteiger partial charge in [0.05, 0.1) is 0 Å². The van der Waals surface area contributed by atoms with Crippen molar-refractivity contribution < 1.29 is 26.6 Å². The molecule has 1 atom stereocenters. The highest BCUT2D eigenvalue weighted by atomic mass is 28.4. The smallest absolute Gasteiger partial charge is 0.377 e. The molecule has 0 bridgehead atoms. The van der Waals surface area contributed by atoms with Crippen molar-refractivity contribution in [2.75, 3.05) is 73.5 Å². The van der Waals surface area contributed by atoms with Gasteiger partial charge in [-0.2, -0.15) is 0 Å². The van der Waals surface area contributed by atoms with Crippen molar-refractivity contribution in [2.45, 2.75) is 77.9 Å². The molecule has 0 rings (SSSR count). The summed E-state index contributed by atoms with van der Waals surface area (Å²) < 4.78 is 35.5. The van der Waals surface area contributed by atoms with Crippen molar-refractivity contribution in [1.82, 2.24) is 10.2 Å². The minimum absolute atomic E-state index is 0.443. The van der Waals surface area contributed by atoms with Crippen LogP contribution >= 0.6 is 0 Å². The van der Waals surface area contributed by atoms with E-state index in [9.17, 15) is 0 Å². The van der Waals surface area contributed by atoms with E-state index in [0.717, 1.165) is 44.7 Å². The number of nitrogens with zero attached hydrogens (tertiary/aromatic N) is 1. The van der Waals surface area contributed by atoms with E-state index in [0.29, 0.717) is 25.0 Å². The highest BCUT2D eigenvalue weighted by molar-refractivity contribution is 6.74. The number of hydrogen-bond acceptors (Lipinski definition) is 8. The number of hydrogen-bond donors (Lipinski definition) is 1. The summed E-state index contributed by atoms with van der Waals surface area (Å²) in [5, 5.41) is 4.10. The summed E-state index contributed by atoms with van der Waals surface area (Å²) in [6, 6.07) is 0.816. The van der Waals surface area contributed by atoms with Crippen LogP contribution in [-0.4, -0.2) is 106 Å². The van der Waals surface area contributed by atoms with Crippen LogP contribution < -0.4 is 5.32 Å². The molecule has 0 aromatic rings. The van der Waals surface area contributed by atoms with E-state index in [-0.39, 0.29) is 0 Å². The third kappa shape index (κ3) is 13.0. The SMILES string of the molecule is CCO[Si](OCC)(OCC)C(CCCCCN(CC)CC)[SiH2]CNCCC[Si](OC)(OC)OC. The quantitative estimate of drug-likeness (QED) is 0.140. The summed E-state index contributed by atoms with van der Waals surface area (Å²) in [6.07, 6.45) is 6.88. The lowest BCUT2D eigenvalue weighted by Crippen LogP contribution is -2.53. The zero-order valence-corrected chi connectivity index (χ0v) is 27.0. The minimum Gasteiger partial charge on any atom is -0.377 e. The molecule has 0 heterocycles. The summed E-state index contributed by atoms with van der Waals surface area (Å²) in [7, 11) is -0.641. The predicted molar refractivity (Wildman–Crippen MR) is 148 cm³/mol. The lowest BCUT2D eigenvalue weighted by atomic mass is 10.2. The van der Waals surface area contributed by atoms with Crippen molar-refractivity contribution in [3.8, 4) is 0 Å². The van der Waals surface area contributed by atoms with Gasteiger partial charge in [-0.25, -0.2) is 0 Å². The minimum atomic E-state index is -2.68. The first kappa shape index (κ1) is 34.3. The maximum absolute atomic E-state index is 6.32. The van der Waals surface area contributed by atoms with E-state index < -0.39 is 27.1 Å². The molecule has 0 fully saturated rings. The Morgan fingerprint density at radius 1 is 0.765 bits per heavy atom. The van der Waals surface area contributed by atoms with Crippen LogP contribution in [0.1, 0.15) is 66.7 Å². The lowest BCUT2D eigenvalue weighted by Gasteiger charge is -2.35. The van der Waals surface area contributed by atoms with Gasteiger partial charge < -0.3 is 36.8 Å². The van der Waals surface area contributed by atoms with Crippen molar-refractivity contribution >= 4 is 27.1 Å². The fraction of sp³-hybridized carbons (Fsp3) is 1.00. The summed E-state index contributed by atoms with van der Waals surface area (Å²) in [5.74, 6) is 0. The van der Waals surface area contributed by atoms with Crippen LogP contribution in [-0.2, 0) is 26.6 Å². The van der Waals surface area contributed by atoms with Gasteiger partial charge in [-0.05, 0) is 72.4 Å². The molecule has 0 saturated carbocycles. The first-order chi connectivity index (χ1) is 16.5.